The van der Waals surface area contributed by atoms with Gasteiger partial charge in [0.2, 0.25) is 0 Å². The van der Waals surface area contributed by atoms with Crippen LogP contribution in [0.4, 0.5) is 0 Å². The summed E-state index contributed by atoms with van der Waals surface area (Å²) in [4.78, 5) is 0. The molecule has 0 amide bonds. The van der Waals surface area contributed by atoms with E-state index in [9.17, 15) is 0 Å². The number of thioether (sulfide) groups is 1. The monoisotopic (exact) mass is 130 g/mol. The lowest BCUT2D eigenvalue weighted by atomic mass is 10.3. The summed E-state index contributed by atoms with van der Waals surface area (Å²) in [6.07, 6.45) is 0. The first-order valence-electron chi connectivity index (χ1n) is 3.00. The zero-order valence-electron chi connectivity index (χ0n) is 5.35. The molecule has 0 spiro atoms. The molecule has 1 heterocycles. The fraction of sp³-hybridized carbons (Fsp3) is 0.833. The normalized spacial score (nSPS) is 39.8. The lowest BCUT2D eigenvalue weighted by molar-refractivity contribution is 0.537. The molecule has 1 fully saturated rings. The van der Waals surface area contributed by atoms with Crippen molar-refractivity contribution in [2.45, 2.75) is 25.9 Å². The zero-order chi connectivity index (χ0) is 5.98. The molecule has 0 aliphatic carbocycles. The SMILES string of the molecule is CC1[CH]SCC(C)N1. The van der Waals surface area contributed by atoms with Crippen LogP contribution in [0.3, 0.4) is 0 Å². The van der Waals surface area contributed by atoms with Crippen LogP contribution in [0, 0.1) is 5.75 Å². The molecule has 2 atom stereocenters. The lowest BCUT2D eigenvalue weighted by Gasteiger charge is -2.24. The quantitative estimate of drug-likeness (QED) is 0.530. The first kappa shape index (κ1) is 6.43. The van der Waals surface area contributed by atoms with E-state index in [1.165, 1.54) is 5.75 Å². The minimum atomic E-state index is 0.601. The third kappa shape index (κ3) is 1.67. The molecule has 0 aromatic heterocycles. The van der Waals surface area contributed by atoms with E-state index >= 15 is 0 Å². The molecule has 0 aromatic carbocycles. The minimum absolute atomic E-state index is 0.601. The Morgan fingerprint density at radius 1 is 1.62 bits per heavy atom. The third-order valence-corrected chi connectivity index (χ3v) is 2.49. The van der Waals surface area contributed by atoms with Crippen LogP contribution in [0.15, 0.2) is 0 Å². The summed E-state index contributed by atoms with van der Waals surface area (Å²) in [5.74, 6) is 3.48. The van der Waals surface area contributed by atoms with Crippen molar-refractivity contribution < 1.29 is 0 Å². The van der Waals surface area contributed by atoms with Crippen LogP contribution in [-0.2, 0) is 0 Å². The molecular formula is C6H12NS. The fourth-order valence-electron chi connectivity index (χ4n) is 0.880. The summed E-state index contributed by atoms with van der Waals surface area (Å²) < 4.78 is 0. The summed E-state index contributed by atoms with van der Waals surface area (Å²) in [7, 11) is 0. The van der Waals surface area contributed by atoms with Crippen molar-refractivity contribution in [3.05, 3.63) is 5.75 Å². The molecule has 0 bridgehead atoms. The fourth-order valence-corrected chi connectivity index (χ4v) is 1.74. The molecule has 2 heteroatoms. The molecule has 1 nitrogen and oxygen atoms in total. The van der Waals surface area contributed by atoms with Gasteiger partial charge >= 0.3 is 0 Å². The van der Waals surface area contributed by atoms with Gasteiger partial charge in [-0.3, -0.25) is 0 Å². The van der Waals surface area contributed by atoms with Crippen molar-refractivity contribution in [3.63, 3.8) is 0 Å². The van der Waals surface area contributed by atoms with Crippen molar-refractivity contribution in [1.29, 1.82) is 0 Å². The molecule has 1 radical (unpaired) electrons. The van der Waals surface area contributed by atoms with Crippen molar-refractivity contribution >= 4 is 11.8 Å². The average Bonchev–Trinajstić information content (AvgIpc) is 1.64. The largest absolute Gasteiger partial charge is 0.310 e. The van der Waals surface area contributed by atoms with Crippen LogP contribution < -0.4 is 5.32 Å². The predicted molar refractivity (Wildman–Crippen MR) is 38.8 cm³/mol. The number of hydrogen-bond acceptors (Lipinski definition) is 2. The van der Waals surface area contributed by atoms with E-state index in [0.717, 1.165) is 0 Å². The van der Waals surface area contributed by atoms with Crippen molar-refractivity contribution in [2.75, 3.05) is 5.75 Å². The molecule has 47 valence electrons. The first-order chi connectivity index (χ1) is 3.79. The summed E-state index contributed by atoms with van der Waals surface area (Å²) in [5, 5.41) is 3.40. The Morgan fingerprint density at radius 2 is 2.38 bits per heavy atom. The van der Waals surface area contributed by atoms with Crippen LogP contribution in [0.25, 0.3) is 0 Å². The number of nitrogens with one attached hydrogen (secondary N) is 1. The van der Waals surface area contributed by atoms with E-state index in [2.05, 4.69) is 24.9 Å². The Bertz CT molecular complexity index is 66.9. The Hall–Kier alpha value is 0.310. The summed E-state index contributed by atoms with van der Waals surface area (Å²) in [5.41, 5.74) is 0. The molecule has 8 heavy (non-hydrogen) atoms. The maximum atomic E-state index is 3.40. The van der Waals surface area contributed by atoms with Gasteiger partial charge in [0.15, 0.2) is 0 Å². The smallest absolute Gasteiger partial charge is 0.0332 e. The van der Waals surface area contributed by atoms with E-state index in [-0.39, 0.29) is 0 Å². The van der Waals surface area contributed by atoms with Crippen LogP contribution in [0.1, 0.15) is 13.8 Å². The van der Waals surface area contributed by atoms with Gasteiger partial charge in [-0.15, -0.1) is 0 Å². The zero-order valence-corrected chi connectivity index (χ0v) is 6.16. The second-order valence-electron chi connectivity index (χ2n) is 2.33. The molecule has 1 aliphatic rings. The molecule has 1 rings (SSSR count). The van der Waals surface area contributed by atoms with Gasteiger partial charge in [0.05, 0.1) is 0 Å². The predicted octanol–water partition coefficient (Wildman–Crippen LogP) is 1.26. The van der Waals surface area contributed by atoms with E-state index < -0.39 is 0 Å². The van der Waals surface area contributed by atoms with Crippen molar-refractivity contribution in [3.8, 4) is 0 Å². The van der Waals surface area contributed by atoms with E-state index in [4.69, 9.17) is 0 Å². The molecule has 2 unspecified atom stereocenters. The summed E-state index contributed by atoms with van der Waals surface area (Å²) >= 11 is 1.92. The van der Waals surface area contributed by atoms with Crippen LogP contribution >= 0.6 is 11.8 Å². The summed E-state index contributed by atoms with van der Waals surface area (Å²) in [6.45, 7) is 4.40. The lowest BCUT2D eigenvalue weighted by Crippen LogP contribution is -2.39. The minimum Gasteiger partial charge on any atom is -0.310 e. The topological polar surface area (TPSA) is 12.0 Å². The van der Waals surface area contributed by atoms with Gasteiger partial charge in [0.1, 0.15) is 0 Å². The standard InChI is InChI=1S/C6H12NS/c1-5-3-8-4-6(2)7-5/h3,5-7H,4H2,1-2H3. The molecule has 1 saturated heterocycles. The van der Waals surface area contributed by atoms with E-state index in [1.54, 1.807) is 0 Å². The Balaban J connectivity index is 2.23. The van der Waals surface area contributed by atoms with Gasteiger partial charge in [0.25, 0.3) is 0 Å². The second kappa shape index (κ2) is 2.74. The van der Waals surface area contributed by atoms with Gasteiger partial charge in [-0.25, -0.2) is 0 Å². The van der Waals surface area contributed by atoms with E-state index in [1.807, 2.05) is 11.8 Å². The van der Waals surface area contributed by atoms with Crippen LogP contribution in [-0.4, -0.2) is 17.8 Å². The molecule has 1 aliphatic heterocycles. The highest BCUT2D eigenvalue weighted by atomic mass is 32.2. The number of hydrogen-bond donors (Lipinski definition) is 1. The molecular weight excluding hydrogens is 118 g/mol. The Labute approximate surface area is 55.2 Å². The van der Waals surface area contributed by atoms with Gasteiger partial charge in [-0.1, -0.05) is 0 Å². The van der Waals surface area contributed by atoms with Crippen LogP contribution in [0.2, 0.25) is 0 Å². The van der Waals surface area contributed by atoms with Crippen LogP contribution in [0.5, 0.6) is 0 Å². The first-order valence-corrected chi connectivity index (χ1v) is 4.05. The third-order valence-electron chi connectivity index (χ3n) is 1.19. The average molecular weight is 130 g/mol. The molecule has 0 saturated carbocycles. The van der Waals surface area contributed by atoms with Gasteiger partial charge < -0.3 is 5.32 Å². The second-order valence-corrected chi connectivity index (χ2v) is 3.26. The summed E-state index contributed by atoms with van der Waals surface area (Å²) in [6, 6.07) is 1.30. The maximum Gasteiger partial charge on any atom is 0.0332 e. The van der Waals surface area contributed by atoms with Crippen molar-refractivity contribution in [2.24, 2.45) is 0 Å². The highest BCUT2D eigenvalue weighted by molar-refractivity contribution is 8.01. The van der Waals surface area contributed by atoms with Gasteiger partial charge in [-0.05, 0) is 13.8 Å². The van der Waals surface area contributed by atoms with Crippen molar-refractivity contribution in [1.82, 2.24) is 5.32 Å². The van der Waals surface area contributed by atoms with E-state index in [0.29, 0.717) is 12.1 Å². The molecule has 1 N–H and O–H groups in total. The highest BCUT2D eigenvalue weighted by Gasteiger charge is 2.12. The maximum absolute atomic E-state index is 3.40. The Kier molecular flexibility index (Phi) is 2.20. The molecule has 0 aromatic rings. The van der Waals surface area contributed by atoms with Gasteiger partial charge in [-0.2, -0.15) is 11.8 Å². The highest BCUT2D eigenvalue weighted by Crippen LogP contribution is 2.15. The number of rotatable bonds is 0. The Morgan fingerprint density at radius 3 is 2.75 bits per heavy atom. The van der Waals surface area contributed by atoms with Gasteiger partial charge in [0, 0.05) is 23.6 Å².